The predicted octanol–water partition coefficient (Wildman–Crippen LogP) is 4.87. The Labute approximate surface area is 208 Å². The van der Waals surface area contributed by atoms with Crippen molar-refractivity contribution in [2.45, 2.75) is 75.5 Å². The van der Waals surface area contributed by atoms with Crippen molar-refractivity contribution in [1.29, 1.82) is 0 Å². The summed E-state index contributed by atoms with van der Waals surface area (Å²) in [5.41, 5.74) is 1.79. The van der Waals surface area contributed by atoms with Crippen molar-refractivity contribution in [3.63, 3.8) is 0 Å². The fourth-order valence-electron chi connectivity index (χ4n) is 5.19. The molecule has 0 unspecified atom stereocenters. The average molecular weight is 498 g/mol. The van der Waals surface area contributed by atoms with Crippen LogP contribution in [-0.4, -0.2) is 26.8 Å². The lowest BCUT2D eigenvalue weighted by molar-refractivity contribution is -0.130. The highest BCUT2D eigenvalue weighted by atomic mass is 32.2. The third kappa shape index (κ3) is 5.69. The van der Waals surface area contributed by atoms with Crippen molar-refractivity contribution in [3.05, 3.63) is 53.6 Å². The van der Waals surface area contributed by atoms with Crippen LogP contribution in [0, 0.1) is 12.8 Å². The molecular weight excluding hydrogens is 462 g/mol. The van der Waals surface area contributed by atoms with Crippen LogP contribution in [0.25, 0.3) is 0 Å². The second-order valence-corrected chi connectivity index (χ2v) is 11.7. The van der Waals surface area contributed by atoms with Crippen molar-refractivity contribution >= 4 is 33.2 Å². The van der Waals surface area contributed by atoms with E-state index in [0.717, 1.165) is 36.9 Å². The molecule has 2 amide bonds. The van der Waals surface area contributed by atoms with Crippen molar-refractivity contribution in [2.24, 2.45) is 5.92 Å². The second kappa shape index (κ2) is 10.4. The summed E-state index contributed by atoms with van der Waals surface area (Å²) in [6.07, 6.45) is 8.78. The molecule has 7 nitrogen and oxygen atoms in total. The lowest BCUT2D eigenvalue weighted by atomic mass is 9.63. The minimum absolute atomic E-state index is 0.00864. The minimum atomic E-state index is -3.93. The van der Waals surface area contributed by atoms with Crippen molar-refractivity contribution in [2.75, 3.05) is 16.6 Å². The molecule has 2 aliphatic rings. The molecule has 35 heavy (non-hydrogen) atoms. The summed E-state index contributed by atoms with van der Waals surface area (Å²) in [5, 5.41) is 5.79. The summed E-state index contributed by atoms with van der Waals surface area (Å²) in [5.74, 6) is 0.315. The standard InChI is InChI=1S/C27H35N3O4S/c1-19-9-14-24(29-20(2)31)25(17-19)35(33,34)30-23-12-10-22(11-13-23)27(15-6-16-27)26(32)28-18-21-7-4-3-5-8-21/h9-14,17,21,30H,3-8,15-16,18H2,1-2H3,(H,28,32)(H,29,31). The molecule has 2 aromatic carbocycles. The lowest BCUT2D eigenvalue weighted by Crippen LogP contribution is -2.50. The summed E-state index contributed by atoms with van der Waals surface area (Å²) in [6.45, 7) is 3.87. The van der Waals surface area contributed by atoms with Crippen LogP contribution in [-0.2, 0) is 25.0 Å². The van der Waals surface area contributed by atoms with Gasteiger partial charge < -0.3 is 10.6 Å². The monoisotopic (exact) mass is 497 g/mol. The van der Waals surface area contributed by atoms with Crippen molar-refractivity contribution in [1.82, 2.24) is 5.32 Å². The van der Waals surface area contributed by atoms with Gasteiger partial charge in [0.1, 0.15) is 4.90 Å². The van der Waals surface area contributed by atoms with Crippen LogP contribution < -0.4 is 15.4 Å². The van der Waals surface area contributed by atoms with Gasteiger partial charge in [0.05, 0.1) is 11.1 Å². The zero-order valence-corrected chi connectivity index (χ0v) is 21.3. The first-order valence-corrected chi connectivity index (χ1v) is 14.0. The molecular formula is C27H35N3O4S. The molecule has 4 rings (SSSR count). The SMILES string of the molecule is CC(=O)Nc1ccc(C)cc1S(=O)(=O)Nc1ccc(C2(C(=O)NCC3CCCCC3)CCC2)cc1. The van der Waals surface area contributed by atoms with Gasteiger partial charge in [-0.2, -0.15) is 0 Å². The minimum Gasteiger partial charge on any atom is -0.355 e. The van der Waals surface area contributed by atoms with Gasteiger partial charge in [0.25, 0.3) is 10.0 Å². The summed E-state index contributed by atoms with van der Waals surface area (Å²) >= 11 is 0. The zero-order valence-electron chi connectivity index (χ0n) is 20.5. The van der Waals surface area contributed by atoms with Crippen LogP contribution in [0.1, 0.15) is 69.4 Å². The number of sulfonamides is 1. The van der Waals surface area contributed by atoms with Gasteiger partial charge in [0.15, 0.2) is 0 Å². The molecule has 0 aromatic heterocycles. The van der Waals surface area contributed by atoms with E-state index in [9.17, 15) is 18.0 Å². The first kappa shape index (κ1) is 25.2. The molecule has 0 spiro atoms. The highest BCUT2D eigenvalue weighted by Crippen LogP contribution is 2.44. The average Bonchev–Trinajstić information content (AvgIpc) is 2.79. The van der Waals surface area contributed by atoms with Gasteiger partial charge in [-0.1, -0.05) is 43.9 Å². The topological polar surface area (TPSA) is 104 Å². The number of hydrogen-bond acceptors (Lipinski definition) is 4. The number of hydrogen-bond donors (Lipinski definition) is 3. The first-order valence-electron chi connectivity index (χ1n) is 12.5. The maximum atomic E-state index is 13.2. The number of benzene rings is 2. The Morgan fingerprint density at radius 2 is 1.66 bits per heavy atom. The van der Waals surface area contributed by atoms with Crippen LogP contribution in [0.3, 0.4) is 0 Å². The predicted molar refractivity (Wildman–Crippen MR) is 138 cm³/mol. The summed E-state index contributed by atoms with van der Waals surface area (Å²) in [6, 6.07) is 12.0. The van der Waals surface area contributed by atoms with E-state index in [2.05, 4.69) is 15.4 Å². The number of carbonyl (C=O) groups excluding carboxylic acids is 2. The molecule has 3 N–H and O–H groups in total. The molecule has 0 saturated heterocycles. The van der Waals surface area contributed by atoms with Gasteiger partial charge in [-0.05, 0) is 73.9 Å². The second-order valence-electron chi connectivity index (χ2n) is 10.0. The van der Waals surface area contributed by atoms with E-state index in [1.54, 1.807) is 31.2 Å². The van der Waals surface area contributed by atoms with Crippen molar-refractivity contribution in [3.8, 4) is 0 Å². The smallest absolute Gasteiger partial charge is 0.263 e. The van der Waals surface area contributed by atoms with Gasteiger partial charge >= 0.3 is 0 Å². The fourth-order valence-corrected chi connectivity index (χ4v) is 6.49. The number of rotatable bonds is 8. The number of nitrogens with one attached hydrogen (secondary N) is 3. The largest absolute Gasteiger partial charge is 0.355 e. The Hall–Kier alpha value is -2.87. The molecule has 0 aliphatic heterocycles. The third-order valence-electron chi connectivity index (χ3n) is 7.34. The fraction of sp³-hybridized carbons (Fsp3) is 0.481. The van der Waals surface area contributed by atoms with E-state index in [0.29, 0.717) is 11.6 Å². The van der Waals surface area contributed by atoms with Gasteiger partial charge in [-0.25, -0.2) is 8.42 Å². The molecule has 2 fully saturated rings. The van der Waals surface area contributed by atoms with E-state index in [4.69, 9.17) is 0 Å². The first-order chi connectivity index (χ1) is 16.7. The number of aryl methyl sites for hydroxylation is 1. The number of amides is 2. The molecule has 188 valence electrons. The quantitative estimate of drug-likeness (QED) is 0.484. The Bertz CT molecular complexity index is 1180. The van der Waals surface area contributed by atoms with E-state index in [-0.39, 0.29) is 22.4 Å². The molecule has 0 radical (unpaired) electrons. The Morgan fingerprint density at radius 3 is 2.26 bits per heavy atom. The van der Waals surface area contributed by atoms with E-state index >= 15 is 0 Å². The molecule has 8 heteroatoms. The summed E-state index contributed by atoms with van der Waals surface area (Å²) < 4.78 is 28.9. The van der Waals surface area contributed by atoms with E-state index in [1.165, 1.54) is 45.1 Å². The maximum Gasteiger partial charge on any atom is 0.263 e. The van der Waals surface area contributed by atoms with Gasteiger partial charge in [-0.15, -0.1) is 0 Å². The molecule has 2 saturated carbocycles. The third-order valence-corrected chi connectivity index (χ3v) is 8.77. The maximum absolute atomic E-state index is 13.2. The molecule has 0 bridgehead atoms. The van der Waals surface area contributed by atoms with E-state index in [1.807, 2.05) is 12.1 Å². The van der Waals surface area contributed by atoms with Crippen LogP contribution >= 0.6 is 0 Å². The molecule has 2 aromatic rings. The van der Waals surface area contributed by atoms with Crippen LogP contribution in [0.4, 0.5) is 11.4 Å². The van der Waals surface area contributed by atoms with Gasteiger partial charge in [-0.3, -0.25) is 14.3 Å². The lowest BCUT2D eigenvalue weighted by Gasteiger charge is -2.41. The highest BCUT2D eigenvalue weighted by molar-refractivity contribution is 7.92. The highest BCUT2D eigenvalue weighted by Gasteiger charge is 2.45. The Morgan fingerprint density at radius 1 is 0.971 bits per heavy atom. The Balaban J connectivity index is 1.48. The molecule has 0 heterocycles. The summed E-state index contributed by atoms with van der Waals surface area (Å²) in [7, 11) is -3.93. The number of anilines is 2. The van der Waals surface area contributed by atoms with Crippen molar-refractivity contribution < 1.29 is 18.0 Å². The molecule has 2 aliphatic carbocycles. The van der Waals surface area contributed by atoms with Gasteiger partial charge in [0, 0.05) is 19.2 Å². The molecule has 0 atom stereocenters. The van der Waals surface area contributed by atoms with E-state index < -0.39 is 15.4 Å². The van der Waals surface area contributed by atoms with Crippen LogP contribution in [0.15, 0.2) is 47.4 Å². The van der Waals surface area contributed by atoms with Crippen LogP contribution in [0.5, 0.6) is 0 Å². The summed E-state index contributed by atoms with van der Waals surface area (Å²) in [4.78, 5) is 24.7. The normalized spacial score (nSPS) is 17.8. The van der Waals surface area contributed by atoms with Crippen LogP contribution in [0.2, 0.25) is 0 Å². The van der Waals surface area contributed by atoms with Gasteiger partial charge in [0.2, 0.25) is 11.8 Å². The zero-order chi connectivity index (χ0) is 25.1. The number of carbonyl (C=O) groups is 2. The Kier molecular flexibility index (Phi) is 7.50.